The molecule has 0 saturated heterocycles. The summed E-state index contributed by atoms with van der Waals surface area (Å²) >= 11 is 0. The van der Waals surface area contributed by atoms with E-state index in [4.69, 9.17) is 9.47 Å². The molecule has 136 valence electrons. The lowest BCUT2D eigenvalue weighted by molar-refractivity contribution is 0.0472. The average Bonchev–Trinajstić information content (AvgIpc) is 2.44. The molecule has 0 aliphatic rings. The Morgan fingerprint density at radius 3 is 2.50 bits per heavy atom. The summed E-state index contributed by atoms with van der Waals surface area (Å²) in [6, 6.07) is 6.71. The topological polar surface area (TPSA) is 59.6 Å². The Kier molecular flexibility index (Phi) is 7.91. The molecule has 0 radical (unpaired) electrons. The summed E-state index contributed by atoms with van der Waals surface area (Å²) in [5.74, 6) is 0.718. The van der Waals surface area contributed by atoms with Crippen LogP contribution in [-0.2, 0) is 11.3 Å². The number of carbonyl (C=O) groups is 1. The van der Waals surface area contributed by atoms with E-state index < -0.39 is 30.6 Å². The van der Waals surface area contributed by atoms with E-state index in [1.165, 1.54) is 0 Å². The first kappa shape index (κ1) is 20.2. The van der Waals surface area contributed by atoms with Gasteiger partial charge in [0, 0.05) is 25.1 Å². The van der Waals surface area contributed by atoms with Gasteiger partial charge in [0.1, 0.15) is 11.4 Å². The Labute approximate surface area is 141 Å². The van der Waals surface area contributed by atoms with Gasteiger partial charge in [0.15, 0.2) is 0 Å². The fourth-order valence-electron chi connectivity index (χ4n) is 2.11. The third-order valence-electron chi connectivity index (χ3n) is 3.08. The fourth-order valence-corrected chi connectivity index (χ4v) is 2.11. The van der Waals surface area contributed by atoms with Gasteiger partial charge in [-0.3, -0.25) is 0 Å². The van der Waals surface area contributed by atoms with Crippen molar-refractivity contribution in [3.63, 3.8) is 0 Å². The van der Waals surface area contributed by atoms with Crippen LogP contribution in [0.5, 0.6) is 5.75 Å². The Hall–Kier alpha value is -1.89. The minimum Gasteiger partial charge on any atom is -0.496 e. The number of rotatable bonds is 8. The number of alkyl carbamates (subject to hydrolysis) is 1. The Morgan fingerprint density at radius 1 is 1.25 bits per heavy atom. The Morgan fingerprint density at radius 2 is 1.92 bits per heavy atom. The summed E-state index contributed by atoms with van der Waals surface area (Å²) in [6.07, 6.45) is -3.66. The predicted octanol–water partition coefficient (Wildman–Crippen LogP) is 3.33. The third kappa shape index (κ3) is 8.10. The molecule has 0 heterocycles. The number of nitrogens with one attached hydrogen (secondary N) is 2. The van der Waals surface area contributed by atoms with Gasteiger partial charge in [0.25, 0.3) is 0 Å². The van der Waals surface area contributed by atoms with Crippen molar-refractivity contribution in [2.75, 3.05) is 13.7 Å². The smallest absolute Gasteiger partial charge is 0.407 e. The molecule has 0 spiro atoms. The normalized spacial score (nSPS) is 12.8. The van der Waals surface area contributed by atoms with Gasteiger partial charge in [0.05, 0.1) is 13.2 Å². The number of carbonyl (C=O) groups excluding carboxylic acids is 1. The van der Waals surface area contributed by atoms with Gasteiger partial charge in [-0.05, 0) is 26.8 Å². The molecule has 0 bridgehead atoms. The van der Waals surface area contributed by atoms with E-state index in [9.17, 15) is 13.6 Å². The number of hydrogen-bond acceptors (Lipinski definition) is 4. The maximum Gasteiger partial charge on any atom is 0.407 e. The van der Waals surface area contributed by atoms with Gasteiger partial charge in [-0.15, -0.1) is 0 Å². The van der Waals surface area contributed by atoms with E-state index in [1.54, 1.807) is 27.9 Å². The summed E-state index contributed by atoms with van der Waals surface area (Å²) < 4.78 is 35.7. The minimum atomic E-state index is -2.52. The molecule has 7 heteroatoms. The monoisotopic (exact) mass is 344 g/mol. The molecule has 0 saturated carbocycles. The Balaban J connectivity index is 2.55. The third-order valence-corrected chi connectivity index (χ3v) is 3.08. The summed E-state index contributed by atoms with van der Waals surface area (Å²) in [5, 5.41) is 5.55. The zero-order chi connectivity index (χ0) is 18.2. The van der Waals surface area contributed by atoms with Crippen molar-refractivity contribution in [2.24, 2.45) is 0 Å². The van der Waals surface area contributed by atoms with Gasteiger partial charge < -0.3 is 20.1 Å². The molecule has 0 aromatic heterocycles. The van der Waals surface area contributed by atoms with Crippen LogP contribution >= 0.6 is 0 Å². The standard InChI is InChI=1S/C17H26F2N2O3/c1-17(2,3)24-16(22)21-13(9-15(18)19)11-20-10-12-7-5-6-8-14(12)23-4/h5-8,13,15,20H,9-11H2,1-4H3,(H,21,22)/t13-/m0/s1. The second-order valence-corrected chi connectivity index (χ2v) is 6.41. The maximum atomic E-state index is 12.7. The first-order chi connectivity index (χ1) is 11.2. The number of methoxy groups -OCH3 is 1. The molecule has 2 N–H and O–H groups in total. The van der Waals surface area contributed by atoms with Crippen molar-refractivity contribution >= 4 is 6.09 Å². The second kappa shape index (κ2) is 9.42. The highest BCUT2D eigenvalue weighted by atomic mass is 19.3. The summed E-state index contributed by atoms with van der Waals surface area (Å²) in [6.45, 7) is 5.79. The lowest BCUT2D eigenvalue weighted by Gasteiger charge is -2.24. The van der Waals surface area contributed by atoms with E-state index in [-0.39, 0.29) is 6.54 Å². The van der Waals surface area contributed by atoms with Crippen LogP contribution in [0.1, 0.15) is 32.8 Å². The van der Waals surface area contributed by atoms with Crippen molar-refractivity contribution in [2.45, 2.75) is 51.8 Å². The van der Waals surface area contributed by atoms with Crippen LogP contribution in [0, 0.1) is 0 Å². The highest BCUT2D eigenvalue weighted by Gasteiger charge is 2.21. The molecule has 1 atom stereocenters. The molecule has 1 aromatic carbocycles. The molecule has 0 aliphatic carbocycles. The van der Waals surface area contributed by atoms with Crippen molar-refractivity contribution in [1.29, 1.82) is 0 Å². The summed E-state index contributed by atoms with van der Waals surface area (Å²) in [7, 11) is 1.57. The van der Waals surface area contributed by atoms with Gasteiger partial charge in [-0.25, -0.2) is 13.6 Å². The predicted molar refractivity (Wildman–Crippen MR) is 88.5 cm³/mol. The first-order valence-corrected chi connectivity index (χ1v) is 7.81. The quantitative estimate of drug-likeness (QED) is 0.759. The van der Waals surface area contributed by atoms with Crippen LogP contribution in [0.2, 0.25) is 0 Å². The molecular weight excluding hydrogens is 318 g/mol. The number of halogens is 2. The Bertz CT molecular complexity index is 519. The van der Waals surface area contributed by atoms with Gasteiger partial charge in [0.2, 0.25) is 6.43 Å². The van der Waals surface area contributed by atoms with E-state index in [1.807, 2.05) is 24.3 Å². The largest absolute Gasteiger partial charge is 0.496 e. The molecule has 24 heavy (non-hydrogen) atoms. The van der Waals surface area contributed by atoms with Crippen LogP contribution in [0.4, 0.5) is 13.6 Å². The summed E-state index contributed by atoms with van der Waals surface area (Å²) in [5.41, 5.74) is 0.234. The van der Waals surface area contributed by atoms with Crippen molar-refractivity contribution in [3.05, 3.63) is 29.8 Å². The van der Waals surface area contributed by atoms with Crippen LogP contribution in [-0.4, -0.2) is 37.8 Å². The number of para-hydroxylation sites is 1. The molecular formula is C17H26F2N2O3. The highest BCUT2D eigenvalue weighted by Crippen LogP contribution is 2.16. The zero-order valence-electron chi connectivity index (χ0n) is 14.6. The number of amides is 1. The number of benzene rings is 1. The van der Waals surface area contributed by atoms with Crippen LogP contribution in [0.25, 0.3) is 0 Å². The molecule has 5 nitrogen and oxygen atoms in total. The first-order valence-electron chi connectivity index (χ1n) is 7.81. The van der Waals surface area contributed by atoms with Gasteiger partial charge in [-0.1, -0.05) is 18.2 Å². The van der Waals surface area contributed by atoms with Crippen molar-refractivity contribution < 1.29 is 23.0 Å². The summed E-state index contributed by atoms with van der Waals surface area (Å²) in [4.78, 5) is 11.8. The fraction of sp³-hybridized carbons (Fsp3) is 0.588. The minimum absolute atomic E-state index is 0.196. The maximum absolute atomic E-state index is 12.7. The molecule has 1 amide bonds. The van der Waals surface area contributed by atoms with Crippen LogP contribution < -0.4 is 15.4 Å². The lowest BCUT2D eigenvalue weighted by Crippen LogP contribution is -2.45. The van der Waals surface area contributed by atoms with E-state index in [0.717, 1.165) is 11.3 Å². The molecule has 0 unspecified atom stereocenters. The number of hydrogen-bond donors (Lipinski definition) is 2. The molecule has 0 fully saturated rings. The average molecular weight is 344 g/mol. The van der Waals surface area contributed by atoms with Crippen LogP contribution in [0.15, 0.2) is 24.3 Å². The zero-order valence-corrected chi connectivity index (χ0v) is 14.6. The number of alkyl halides is 2. The van der Waals surface area contributed by atoms with Crippen LogP contribution in [0.3, 0.4) is 0 Å². The van der Waals surface area contributed by atoms with E-state index in [2.05, 4.69) is 10.6 Å². The van der Waals surface area contributed by atoms with Gasteiger partial charge >= 0.3 is 6.09 Å². The van der Waals surface area contributed by atoms with Crippen molar-refractivity contribution in [1.82, 2.24) is 10.6 Å². The molecule has 1 aromatic rings. The van der Waals surface area contributed by atoms with E-state index >= 15 is 0 Å². The molecule has 0 aliphatic heterocycles. The second-order valence-electron chi connectivity index (χ2n) is 6.41. The van der Waals surface area contributed by atoms with Crippen molar-refractivity contribution in [3.8, 4) is 5.75 Å². The highest BCUT2D eigenvalue weighted by molar-refractivity contribution is 5.68. The molecule has 1 rings (SSSR count). The lowest BCUT2D eigenvalue weighted by atomic mass is 10.1. The SMILES string of the molecule is COc1ccccc1CNC[C@H](CC(F)F)NC(=O)OC(C)(C)C. The van der Waals surface area contributed by atoms with E-state index in [0.29, 0.717) is 6.54 Å². The van der Waals surface area contributed by atoms with Gasteiger partial charge in [-0.2, -0.15) is 0 Å². The number of ether oxygens (including phenoxy) is 2.